The maximum absolute atomic E-state index is 3.59. The second-order valence-electron chi connectivity index (χ2n) is 4.52. The van der Waals surface area contributed by atoms with Gasteiger partial charge in [-0.15, -0.1) is 0 Å². The van der Waals surface area contributed by atoms with Crippen LogP contribution < -0.4 is 5.32 Å². The third kappa shape index (κ3) is 6.09. The van der Waals surface area contributed by atoms with E-state index >= 15 is 0 Å². The number of benzene rings is 1. The van der Waals surface area contributed by atoms with E-state index in [0.717, 1.165) is 4.47 Å². The zero-order valence-corrected chi connectivity index (χ0v) is 14.3. The Morgan fingerprint density at radius 2 is 2.06 bits per heavy atom. The van der Waals surface area contributed by atoms with Crippen molar-refractivity contribution in [3.63, 3.8) is 0 Å². The van der Waals surface area contributed by atoms with Crippen molar-refractivity contribution in [3.8, 4) is 0 Å². The molecule has 0 aromatic heterocycles. The Labute approximate surface area is 127 Å². The zero-order chi connectivity index (χ0) is 12.7. The lowest BCUT2D eigenvalue weighted by atomic mass is 10.1. The molecule has 0 saturated heterocycles. The molecular weight excluding hydrogens is 389 g/mol. The summed E-state index contributed by atoms with van der Waals surface area (Å²) in [6, 6.07) is 6.93. The van der Waals surface area contributed by atoms with Crippen molar-refractivity contribution < 1.29 is 0 Å². The molecule has 1 aromatic carbocycles. The minimum atomic E-state index is 0.551. The van der Waals surface area contributed by atoms with Crippen LogP contribution in [0.3, 0.4) is 0 Å². The Balaban J connectivity index is 2.39. The Bertz CT molecular complexity index is 341. The van der Waals surface area contributed by atoms with Crippen LogP contribution in [0.4, 0.5) is 5.69 Å². The molecule has 0 heterocycles. The van der Waals surface area contributed by atoms with Gasteiger partial charge in [0.1, 0.15) is 0 Å². The predicted molar refractivity (Wildman–Crippen MR) is 88.7 cm³/mol. The molecule has 1 rings (SSSR count). The van der Waals surface area contributed by atoms with E-state index in [1.807, 2.05) is 0 Å². The third-order valence-corrected chi connectivity index (χ3v) is 4.25. The van der Waals surface area contributed by atoms with Crippen LogP contribution in [0.15, 0.2) is 22.7 Å². The number of hydrogen-bond donors (Lipinski definition) is 1. The summed E-state index contributed by atoms with van der Waals surface area (Å²) in [5.41, 5.74) is 1.24. The van der Waals surface area contributed by atoms with Crippen LogP contribution >= 0.6 is 38.5 Å². The molecule has 0 saturated carbocycles. The van der Waals surface area contributed by atoms with Crippen molar-refractivity contribution in [2.24, 2.45) is 0 Å². The summed E-state index contributed by atoms with van der Waals surface area (Å²) >= 11 is 5.89. The van der Waals surface area contributed by atoms with Gasteiger partial charge in [-0.2, -0.15) is 0 Å². The first-order valence-corrected chi connectivity index (χ1v) is 8.22. The van der Waals surface area contributed by atoms with E-state index < -0.39 is 0 Å². The molecular formula is C14H21BrIN. The van der Waals surface area contributed by atoms with Gasteiger partial charge in [0.25, 0.3) is 0 Å². The predicted octanol–water partition coefficient (Wildman–Crippen LogP) is 5.82. The number of halogens is 2. The van der Waals surface area contributed by atoms with Crippen molar-refractivity contribution in [1.82, 2.24) is 0 Å². The highest BCUT2D eigenvalue weighted by Gasteiger charge is 2.05. The molecule has 1 N–H and O–H groups in total. The van der Waals surface area contributed by atoms with Crippen LogP contribution in [0.25, 0.3) is 0 Å². The van der Waals surface area contributed by atoms with E-state index in [-0.39, 0.29) is 0 Å². The van der Waals surface area contributed by atoms with Gasteiger partial charge in [-0.25, -0.2) is 0 Å². The largest absolute Gasteiger partial charge is 0.382 e. The molecule has 1 nitrogen and oxygen atoms in total. The van der Waals surface area contributed by atoms with E-state index in [1.165, 1.54) is 41.4 Å². The van der Waals surface area contributed by atoms with Gasteiger partial charge in [-0.05, 0) is 54.1 Å². The van der Waals surface area contributed by atoms with Crippen molar-refractivity contribution >= 4 is 44.2 Å². The second kappa shape index (κ2) is 8.35. The van der Waals surface area contributed by atoms with Crippen molar-refractivity contribution in [2.45, 2.75) is 52.0 Å². The van der Waals surface area contributed by atoms with Gasteiger partial charge in [0.05, 0.1) is 0 Å². The number of nitrogens with one attached hydrogen (secondary N) is 1. The molecule has 1 atom stereocenters. The molecule has 0 aliphatic carbocycles. The van der Waals surface area contributed by atoms with Crippen LogP contribution in [0.1, 0.15) is 46.0 Å². The first kappa shape index (κ1) is 15.3. The molecule has 0 aliphatic heterocycles. The monoisotopic (exact) mass is 409 g/mol. The lowest BCUT2D eigenvalue weighted by Gasteiger charge is -2.16. The summed E-state index contributed by atoms with van der Waals surface area (Å²) in [5.74, 6) is 0. The number of rotatable bonds is 7. The summed E-state index contributed by atoms with van der Waals surface area (Å²) in [6.45, 7) is 4.52. The van der Waals surface area contributed by atoms with Crippen LogP contribution in [-0.4, -0.2) is 6.04 Å². The van der Waals surface area contributed by atoms with Crippen molar-refractivity contribution in [2.75, 3.05) is 5.32 Å². The summed E-state index contributed by atoms with van der Waals surface area (Å²) in [6.07, 6.45) is 6.61. The van der Waals surface area contributed by atoms with E-state index in [1.54, 1.807) is 0 Å². The van der Waals surface area contributed by atoms with Gasteiger partial charge < -0.3 is 5.32 Å². The molecule has 0 fully saturated rings. The fourth-order valence-corrected chi connectivity index (χ4v) is 2.68. The highest BCUT2D eigenvalue weighted by Crippen LogP contribution is 2.24. The van der Waals surface area contributed by atoms with Gasteiger partial charge in [-0.1, -0.05) is 48.5 Å². The average molecular weight is 410 g/mol. The Morgan fingerprint density at radius 1 is 1.29 bits per heavy atom. The van der Waals surface area contributed by atoms with E-state index in [2.05, 4.69) is 75.9 Å². The number of hydrogen-bond acceptors (Lipinski definition) is 1. The van der Waals surface area contributed by atoms with Gasteiger partial charge in [0.15, 0.2) is 0 Å². The van der Waals surface area contributed by atoms with Gasteiger partial charge in [0, 0.05) is 19.8 Å². The Hall–Kier alpha value is 0.230. The molecule has 17 heavy (non-hydrogen) atoms. The van der Waals surface area contributed by atoms with Gasteiger partial charge in [0.2, 0.25) is 0 Å². The highest BCUT2D eigenvalue weighted by atomic mass is 127. The van der Waals surface area contributed by atoms with E-state index in [4.69, 9.17) is 0 Å². The average Bonchev–Trinajstić information content (AvgIpc) is 2.29. The molecule has 0 spiro atoms. The second-order valence-corrected chi connectivity index (χ2v) is 6.60. The summed E-state index contributed by atoms with van der Waals surface area (Å²) in [7, 11) is 0. The fraction of sp³-hybridized carbons (Fsp3) is 0.571. The maximum Gasteiger partial charge on any atom is 0.0489 e. The minimum Gasteiger partial charge on any atom is -0.382 e. The van der Waals surface area contributed by atoms with Crippen LogP contribution in [0.5, 0.6) is 0 Å². The SMILES string of the molecule is CCCCCCC(C)Nc1cc(Br)ccc1I. The van der Waals surface area contributed by atoms with Crippen LogP contribution in [0, 0.1) is 3.57 Å². The zero-order valence-electron chi connectivity index (χ0n) is 10.6. The first-order valence-electron chi connectivity index (χ1n) is 6.35. The smallest absolute Gasteiger partial charge is 0.0489 e. The lowest BCUT2D eigenvalue weighted by molar-refractivity contribution is 0.594. The first-order chi connectivity index (χ1) is 8.13. The van der Waals surface area contributed by atoms with Crippen molar-refractivity contribution in [1.29, 1.82) is 0 Å². The lowest BCUT2D eigenvalue weighted by Crippen LogP contribution is -2.15. The molecule has 1 aromatic rings. The van der Waals surface area contributed by atoms with E-state index in [0.29, 0.717) is 6.04 Å². The van der Waals surface area contributed by atoms with Crippen molar-refractivity contribution in [3.05, 3.63) is 26.2 Å². The quantitative estimate of drug-likeness (QED) is 0.441. The Morgan fingerprint density at radius 3 is 2.76 bits per heavy atom. The summed E-state index contributed by atoms with van der Waals surface area (Å²) in [4.78, 5) is 0. The number of unbranched alkanes of at least 4 members (excludes halogenated alkanes) is 3. The van der Waals surface area contributed by atoms with Crippen LogP contribution in [-0.2, 0) is 0 Å². The molecule has 96 valence electrons. The molecule has 0 aliphatic rings. The van der Waals surface area contributed by atoms with E-state index in [9.17, 15) is 0 Å². The highest BCUT2D eigenvalue weighted by molar-refractivity contribution is 14.1. The fourth-order valence-electron chi connectivity index (χ4n) is 1.82. The molecule has 3 heteroatoms. The maximum atomic E-state index is 3.59. The topological polar surface area (TPSA) is 12.0 Å². The molecule has 1 unspecified atom stereocenters. The van der Waals surface area contributed by atoms with Crippen LogP contribution in [0.2, 0.25) is 0 Å². The normalized spacial score (nSPS) is 12.5. The Kier molecular flexibility index (Phi) is 7.51. The third-order valence-electron chi connectivity index (χ3n) is 2.82. The standard InChI is InChI=1S/C14H21BrIN/c1-3-4-5-6-7-11(2)17-14-10-12(15)8-9-13(14)16/h8-11,17H,3-7H2,1-2H3. The molecule has 0 bridgehead atoms. The summed E-state index contributed by atoms with van der Waals surface area (Å²) in [5, 5.41) is 3.59. The molecule has 0 amide bonds. The molecule has 0 radical (unpaired) electrons. The van der Waals surface area contributed by atoms with Gasteiger partial charge >= 0.3 is 0 Å². The minimum absolute atomic E-state index is 0.551. The number of anilines is 1. The summed E-state index contributed by atoms with van der Waals surface area (Å²) < 4.78 is 2.42. The van der Waals surface area contributed by atoms with Gasteiger partial charge in [-0.3, -0.25) is 0 Å².